The number of carbonyl (C=O) groups is 2. The van der Waals surface area contributed by atoms with Gasteiger partial charge >= 0.3 is 12.0 Å². The number of carboxylic acid groups (broad SMARTS) is 1. The quantitative estimate of drug-likeness (QED) is 0.759. The Hall–Kier alpha value is -1.81. The lowest BCUT2D eigenvalue weighted by molar-refractivity contribution is -0.148. The van der Waals surface area contributed by atoms with Gasteiger partial charge in [0.25, 0.3) is 0 Å². The Morgan fingerprint density at radius 2 is 2.11 bits per heavy atom. The van der Waals surface area contributed by atoms with E-state index in [-0.39, 0.29) is 19.3 Å². The molecule has 0 saturated carbocycles. The molecule has 1 aliphatic heterocycles. The average Bonchev–Trinajstić information content (AvgIpc) is 2.40. The van der Waals surface area contributed by atoms with Gasteiger partial charge in [0.1, 0.15) is 5.54 Å². The third kappa shape index (κ3) is 3.83. The van der Waals surface area contributed by atoms with Gasteiger partial charge in [0.15, 0.2) is 0 Å². The molecule has 1 rings (SSSR count). The van der Waals surface area contributed by atoms with Gasteiger partial charge in [0.2, 0.25) is 0 Å². The zero-order valence-electron chi connectivity index (χ0n) is 11.0. The van der Waals surface area contributed by atoms with Crippen LogP contribution in [0.5, 0.6) is 0 Å². The molecule has 0 bridgehead atoms. The summed E-state index contributed by atoms with van der Waals surface area (Å²) in [6.07, 6.45) is 0.734. The van der Waals surface area contributed by atoms with Gasteiger partial charge < -0.3 is 20.1 Å². The molecule has 0 aromatic heterocycles. The lowest BCUT2D eigenvalue weighted by atomic mass is 9.90. The van der Waals surface area contributed by atoms with Gasteiger partial charge in [-0.3, -0.25) is 0 Å². The Morgan fingerprint density at radius 3 is 2.58 bits per heavy atom. The number of nitrogens with one attached hydrogen (secondary N) is 1. The van der Waals surface area contributed by atoms with Crippen molar-refractivity contribution in [2.75, 3.05) is 26.3 Å². The second-order valence-electron chi connectivity index (χ2n) is 4.42. The zero-order chi connectivity index (χ0) is 14.3. The molecule has 19 heavy (non-hydrogen) atoms. The van der Waals surface area contributed by atoms with Crippen molar-refractivity contribution < 1.29 is 19.4 Å². The van der Waals surface area contributed by atoms with Gasteiger partial charge in [-0.2, -0.15) is 5.26 Å². The summed E-state index contributed by atoms with van der Waals surface area (Å²) in [6, 6.07) is 1.52. The SMILES string of the molecule is CCN(CCC#N)C(=O)NC1(C(=O)O)CCOCC1. The Kier molecular flexibility index (Phi) is 5.57. The number of ether oxygens (including phenoxy) is 1. The third-order valence-electron chi connectivity index (χ3n) is 3.26. The zero-order valence-corrected chi connectivity index (χ0v) is 11.0. The van der Waals surface area contributed by atoms with Crippen molar-refractivity contribution in [2.45, 2.75) is 31.7 Å². The van der Waals surface area contributed by atoms with E-state index in [4.69, 9.17) is 10.00 Å². The van der Waals surface area contributed by atoms with Crippen LogP contribution in [0.2, 0.25) is 0 Å². The van der Waals surface area contributed by atoms with Crippen LogP contribution >= 0.6 is 0 Å². The first kappa shape index (κ1) is 15.2. The molecule has 7 heteroatoms. The molecular formula is C12H19N3O4. The normalized spacial score (nSPS) is 17.3. The highest BCUT2D eigenvalue weighted by Crippen LogP contribution is 2.21. The number of carboxylic acids is 1. The molecule has 2 amide bonds. The van der Waals surface area contributed by atoms with Gasteiger partial charge in [-0.05, 0) is 6.92 Å². The largest absolute Gasteiger partial charge is 0.480 e. The maximum atomic E-state index is 12.1. The van der Waals surface area contributed by atoms with Crippen molar-refractivity contribution in [3.05, 3.63) is 0 Å². The van der Waals surface area contributed by atoms with Crippen LogP contribution in [-0.2, 0) is 9.53 Å². The number of rotatable bonds is 5. The molecule has 2 N–H and O–H groups in total. The molecule has 1 saturated heterocycles. The van der Waals surface area contributed by atoms with Crippen molar-refractivity contribution in [2.24, 2.45) is 0 Å². The first-order valence-electron chi connectivity index (χ1n) is 6.31. The summed E-state index contributed by atoms with van der Waals surface area (Å²) in [7, 11) is 0. The Morgan fingerprint density at radius 1 is 1.47 bits per heavy atom. The van der Waals surface area contributed by atoms with E-state index in [0.717, 1.165) is 0 Å². The molecule has 0 aliphatic carbocycles. The van der Waals surface area contributed by atoms with E-state index in [2.05, 4.69) is 5.32 Å². The minimum atomic E-state index is -1.25. The van der Waals surface area contributed by atoms with Gasteiger partial charge in [-0.15, -0.1) is 0 Å². The molecule has 0 spiro atoms. The van der Waals surface area contributed by atoms with Gasteiger partial charge in [-0.1, -0.05) is 0 Å². The van der Waals surface area contributed by atoms with Crippen LogP contribution in [-0.4, -0.2) is 53.8 Å². The minimum Gasteiger partial charge on any atom is -0.480 e. The molecular weight excluding hydrogens is 250 g/mol. The standard InChI is InChI=1S/C12H19N3O4/c1-2-15(7-3-6-13)11(18)14-12(10(16)17)4-8-19-9-5-12/h2-5,7-9H2,1H3,(H,14,18)(H,16,17). The number of nitriles is 1. The fraction of sp³-hybridized carbons (Fsp3) is 0.750. The van der Waals surface area contributed by atoms with E-state index in [1.807, 2.05) is 6.07 Å². The molecule has 7 nitrogen and oxygen atoms in total. The van der Waals surface area contributed by atoms with Crippen molar-refractivity contribution in [1.82, 2.24) is 10.2 Å². The van der Waals surface area contributed by atoms with Crippen LogP contribution in [0.4, 0.5) is 4.79 Å². The molecule has 0 aromatic rings. The van der Waals surface area contributed by atoms with Crippen LogP contribution in [0.1, 0.15) is 26.2 Å². The summed E-state index contributed by atoms with van der Waals surface area (Å²) in [6.45, 7) is 3.15. The Labute approximate surface area is 112 Å². The van der Waals surface area contributed by atoms with Crippen molar-refractivity contribution in [3.63, 3.8) is 0 Å². The molecule has 0 aromatic carbocycles. The highest BCUT2D eigenvalue weighted by molar-refractivity contribution is 5.86. The lowest BCUT2D eigenvalue weighted by Crippen LogP contribution is -2.60. The second kappa shape index (κ2) is 6.95. The van der Waals surface area contributed by atoms with E-state index in [0.29, 0.717) is 26.3 Å². The smallest absolute Gasteiger partial charge is 0.329 e. The number of hydrogen-bond donors (Lipinski definition) is 2. The Bertz CT molecular complexity index is 372. The highest BCUT2D eigenvalue weighted by Gasteiger charge is 2.42. The number of hydrogen-bond acceptors (Lipinski definition) is 4. The lowest BCUT2D eigenvalue weighted by Gasteiger charge is -2.35. The van der Waals surface area contributed by atoms with Gasteiger partial charge in [0.05, 0.1) is 12.5 Å². The molecule has 0 atom stereocenters. The maximum Gasteiger partial charge on any atom is 0.329 e. The number of aliphatic carboxylic acids is 1. The van der Waals surface area contributed by atoms with Crippen LogP contribution in [0.3, 0.4) is 0 Å². The molecule has 1 heterocycles. The molecule has 106 valence electrons. The number of nitrogens with zero attached hydrogens (tertiary/aromatic N) is 2. The molecule has 1 aliphatic rings. The van der Waals surface area contributed by atoms with Crippen LogP contribution in [0.25, 0.3) is 0 Å². The fourth-order valence-corrected chi connectivity index (χ4v) is 1.98. The third-order valence-corrected chi connectivity index (χ3v) is 3.26. The van der Waals surface area contributed by atoms with Gasteiger partial charge in [0, 0.05) is 39.1 Å². The predicted octanol–water partition coefficient (Wildman–Crippen LogP) is 0.565. The first-order chi connectivity index (χ1) is 9.05. The minimum absolute atomic E-state index is 0.227. The predicted molar refractivity (Wildman–Crippen MR) is 66.4 cm³/mol. The van der Waals surface area contributed by atoms with E-state index < -0.39 is 17.5 Å². The molecule has 0 unspecified atom stereocenters. The fourth-order valence-electron chi connectivity index (χ4n) is 1.98. The maximum absolute atomic E-state index is 12.1. The van der Waals surface area contributed by atoms with Crippen LogP contribution in [0, 0.1) is 11.3 Å². The number of carbonyl (C=O) groups excluding carboxylic acids is 1. The summed E-state index contributed by atoms with van der Waals surface area (Å²) >= 11 is 0. The van der Waals surface area contributed by atoms with E-state index in [9.17, 15) is 14.7 Å². The van der Waals surface area contributed by atoms with E-state index in [1.54, 1.807) is 6.92 Å². The van der Waals surface area contributed by atoms with Crippen molar-refractivity contribution in [3.8, 4) is 6.07 Å². The van der Waals surface area contributed by atoms with E-state index in [1.165, 1.54) is 4.90 Å². The van der Waals surface area contributed by atoms with Crippen LogP contribution < -0.4 is 5.32 Å². The summed E-state index contributed by atoms with van der Waals surface area (Å²) in [5.74, 6) is -1.04. The Balaban J connectivity index is 2.70. The second-order valence-corrected chi connectivity index (χ2v) is 4.42. The summed E-state index contributed by atoms with van der Waals surface area (Å²) in [5.41, 5.74) is -1.25. The average molecular weight is 269 g/mol. The monoisotopic (exact) mass is 269 g/mol. The summed E-state index contributed by atoms with van der Waals surface area (Å²) in [5, 5.41) is 20.5. The van der Waals surface area contributed by atoms with Crippen LogP contribution in [0.15, 0.2) is 0 Å². The molecule has 0 radical (unpaired) electrons. The van der Waals surface area contributed by atoms with Gasteiger partial charge in [-0.25, -0.2) is 9.59 Å². The number of amides is 2. The summed E-state index contributed by atoms with van der Waals surface area (Å²) in [4.78, 5) is 24.9. The van der Waals surface area contributed by atoms with Crippen molar-refractivity contribution >= 4 is 12.0 Å². The topological polar surface area (TPSA) is 103 Å². The highest BCUT2D eigenvalue weighted by atomic mass is 16.5. The summed E-state index contributed by atoms with van der Waals surface area (Å²) < 4.78 is 5.14. The van der Waals surface area contributed by atoms with Crippen molar-refractivity contribution in [1.29, 1.82) is 5.26 Å². The number of urea groups is 1. The van der Waals surface area contributed by atoms with E-state index >= 15 is 0 Å². The molecule has 1 fully saturated rings. The first-order valence-corrected chi connectivity index (χ1v) is 6.31.